The number of rotatable bonds is 4. The van der Waals surface area contributed by atoms with Crippen molar-refractivity contribution < 1.29 is 13.2 Å². The van der Waals surface area contributed by atoms with Gasteiger partial charge in [-0.25, -0.2) is 8.42 Å². The number of nitrogens with zero attached hydrogens (tertiary/aromatic N) is 3. The number of anilines is 2. The summed E-state index contributed by atoms with van der Waals surface area (Å²) in [5.41, 5.74) is 2.15. The molecule has 1 saturated heterocycles. The predicted octanol–water partition coefficient (Wildman–Crippen LogP) is 1.96. The standard InChI is InChI=1S/C18H18N4O3S/c1-22(16-6-8-26(24,25)12-16)18(23)17-10-15(5-7-20-17)21-14-4-2-3-13(9-14)11-19/h2-5,7,9-10,16H,6,8,12H2,1H3,(H,20,21). The van der Waals surface area contributed by atoms with Gasteiger partial charge in [-0.05, 0) is 36.8 Å². The molecule has 3 rings (SSSR count). The smallest absolute Gasteiger partial charge is 0.272 e. The van der Waals surface area contributed by atoms with Crippen molar-refractivity contribution >= 4 is 27.1 Å². The minimum absolute atomic E-state index is 0.00582. The minimum Gasteiger partial charge on any atom is -0.355 e. The molecule has 1 aliphatic heterocycles. The second-order valence-electron chi connectivity index (χ2n) is 6.22. The van der Waals surface area contributed by atoms with Crippen LogP contribution in [0.5, 0.6) is 0 Å². The Labute approximate surface area is 152 Å². The van der Waals surface area contributed by atoms with Crippen LogP contribution in [0.4, 0.5) is 11.4 Å². The molecule has 1 unspecified atom stereocenters. The molecule has 1 amide bonds. The highest BCUT2D eigenvalue weighted by Crippen LogP contribution is 2.21. The van der Waals surface area contributed by atoms with Crippen molar-refractivity contribution in [3.63, 3.8) is 0 Å². The lowest BCUT2D eigenvalue weighted by Crippen LogP contribution is -2.38. The van der Waals surface area contributed by atoms with E-state index in [2.05, 4.69) is 16.4 Å². The lowest BCUT2D eigenvalue weighted by Gasteiger charge is -2.23. The molecule has 8 heteroatoms. The van der Waals surface area contributed by atoms with Crippen molar-refractivity contribution in [1.82, 2.24) is 9.88 Å². The lowest BCUT2D eigenvalue weighted by molar-refractivity contribution is 0.0742. The summed E-state index contributed by atoms with van der Waals surface area (Å²) in [6.45, 7) is 0. The third-order valence-electron chi connectivity index (χ3n) is 4.34. The van der Waals surface area contributed by atoms with E-state index in [9.17, 15) is 13.2 Å². The first-order chi connectivity index (χ1) is 12.4. The van der Waals surface area contributed by atoms with E-state index in [4.69, 9.17) is 5.26 Å². The molecule has 7 nitrogen and oxygen atoms in total. The van der Waals surface area contributed by atoms with Crippen molar-refractivity contribution in [2.45, 2.75) is 12.5 Å². The third kappa shape index (κ3) is 4.00. The van der Waals surface area contributed by atoms with E-state index in [1.165, 1.54) is 11.1 Å². The second kappa shape index (κ2) is 7.14. The number of carbonyl (C=O) groups excluding carboxylic acids is 1. The van der Waals surface area contributed by atoms with Gasteiger partial charge in [0, 0.05) is 30.7 Å². The predicted molar refractivity (Wildman–Crippen MR) is 97.8 cm³/mol. The normalized spacial score (nSPS) is 18.1. The fraction of sp³-hybridized carbons (Fsp3) is 0.278. The van der Waals surface area contributed by atoms with Gasteiger partial charge in [0.25, 0.3) is 5.91 Å². The minimum atomic E-state index is -3.06. The maximum absolute atomic E-state index is 12.6. The third-order valence-corrected chi connectivity index (χ3v) is 6.09. The summed E-state index contributed by atoms with van der Waals surface area (Å²) in [5, 5.41) is 12.1. The zero-order valence-electron chi connectivity index (χ0n) is 14.2. The van der Waals surface area contributed by atoms with E-state index in [0.29, 0.717) is 17.7 Å². The molecule has 1 fully saturated rings. The fourth-order valence-corrected chi connectivity index (χ4v) is 4.66. The molecule has 0 saturated carbocycles. The number of nitrogens with one attached hydrogen (secondary N) is 1. The Bertz CT molecular complexity index is 982. The van der Waals surface area contributed by atoms with Gasteiger partial charge in [0.1, 0.15) is 5.69 Å². The Hall–Kier alpha value is -2.92. The molecule has 134 valence electrons. The molecule has 2 aromatic rings. The molecular weight excluding hydrogens is 352 g/mol. The highest BCUT2D eigenvalue weighted by atomic mass is 32.2. The van der Waals surface area contributed by atoms with Gasteiger partial charge in [-0.2, -0.15) is 5.26 Å². The summed E-state index contributed by atoms with van der Waals surface area (Å²) in [6.07, 6.45) is 1.96. The number of hydrogen-bond acceptors (Lipinski definition) is 6. The van der Waals surface area contributed by atoms with Crippen LogP contribution < -0.4 is 5.32 Å². The van der Waals surface area contributed by atoms with Crippen LogP contribution >= 0.6 is 0 Å². The molecule has 0 radical (unpaired) electrons. The molecular formula is C18H18N4O3S. The summed E-state index contributed by atoms with van der Waals surface area (Å²) < 4.78 is 23.3. The molecule has 1 atom stereocenters. The highest BCUT2D eigenvalue weighted by Gasteiger charge is 2.33. The Morgan fingerprint density at radius 2 is 2.08 bits per heavy atom. The van der Waals surface area contributed by atoms with Crippen LogP contribution in [0.15, 0.2) is 42.6 Å². The van der Waals surface area contributed by atoms with E-state index in [1.807, 2.05) is 6.07 Å². The maximum Gasteiger partial charge on any atom is 0.272 e. The van der Waals surface area contributed by atoms with Crippen molar-refractivity contribution in [2.75, 3.05) is 23.9 Å². The van der Waals surface area contributed by atoms with E-state index >= 15 is 0 Å². The van der Waals surface area contributed by atoms with E-state index < -0.39 is 9.84 Å². The number of pyridine rings is 1. The number of sulfone groups is 1. The number of hydrogen-bond donors (Lipinski definition) is 1. The Morgan fingerprint density at radius 3 is 2.77 bits per heavy atom. The second-order valence-corrected chi connectivity index (χ2v) is 8.45. The number of amides is 1. The lowest BCUT2D eigenvalue weighted by atomic mass is 10.2. The van der Waals surface area contributed by atoms with Crippen molar-refractivity contribution in [1.29, 1.82) is 5.26 Å². The van der Waals surface area contributed by atoms with Gasteiger partial charge in [0.2, 0.25) is 0 Å². The fourth-order valence-electron chi connectivity index (χ4n) is 2.89. The summed E-state index contributed by atoms with van der Waals surface area (Å²) in [7, 11) is -1.46. The van der Waals surface area contributed by atoms with Crippen molar-refractivity contribution in [3.05, 3.63) is 53.9 Å². The van der Waals surface area contributed by atoms with Gasteiger partial charge < -0.3 is 10.2 Å². The largest absolute Gasteiger partial charge is 0.355 e. The first-order valence-corrected chi connectivity index (χ1v) is 9.91. The van der Waals surface area contributed by atoms with E-state index in [-0.39, 0.29) is 29.1 Å². The molecule has 1 N–H and O–H groups in total. The number of carbonyl (C=O) groups is 1. The molecule has 1 aliphatic rings. The van der Waals surface area contributed by atoms with Gasteiger partial charge in [0.15, 0.2) is 9.84 Å². The maximum atomic E-state index is 12.6. The average molecular weight is 370 g/mol. The zero-order chi connectivity index (χ0) is 18.7. The average Bonchev–Trinajstić information content (AvgIpc) is 3.00. The first-order valence-electron chi connectivity index (χ1n) is 8.09. The molecule has 1 aromatic heterocycles. The summed E-state index contributed by atoms with van der Waals surface area (Å²) in [6, 6.07) is 12.1. The van der Waals surface area contributed by atoms with Crippen LogP contribution in [0.25, 0.3) is 0 Å². The summed E-state index contributed by atoms with van der Waals surface area (Å²) in [5.74, 6) is -0.213. The Kier molecular flexibility index (Phi) is 4.91. The molecule has 2 heterocycles. The highest BCUT2D eigenvalue weighted by molar-refractivity contribution is 7.91. The Balaban J connectivity index is 1.76. The SMILES string of the molecule is CN(C(=O)c1cc(Nc2cccc(C#N)c2)ccn1)C1CCS(=O)(=O)C1. The van der Waals surface area contributed by atoms with Crippen LogP contribution in [0.2, 0.25) is 0 Å². The van der Waals surface area contributed by atoms with Gasteiger partial charge in [-0.3, -0.25) is 9.78 Å². The number of aromatic nitrogens is 1. The zero-order valence-corrected chi connectivity index (χ0v) is 15.0. The molecule has 0 bridgehead atoms. The molecule has 0 aliphatic carbocycles. The van der Waals surface area contributed by atoms with E-state index in [1.54, 1.807) is 37.4 Å². The van der Waals surface area contributed by atoms with Crippen molar-refractivity contribution in [2.24, 2.45) is 0 Å². The topological polar surface area (TPSA) is 103 Å². The summed E-state index contributed by atoms with van der Waals surface area (Å²) in [4.78, 5) is 18.2. The quantitative estimate of drug-likeness (QED) is 0.882. The number of nitriles is 1. The van der Waals surface area contributed by atoms with Crippen LogP contribution in [0.3, 0.4) is 0 Å². The monoisotopic (exact) mass is 370 g/mol. The van der Waals surface area contributed by atoms with E-state index in [0.717, 1.165) is 5.69 Å². The van der Waals surface area contributed by atoms with Crippen LogP contribution in [0, 0.1) is 11.3 Å². The van der Waals surface area contributed by atoms with Gasteiger partial charge in [-0.15, -0.1) is 0 Å². The molecule has 26 heavy (non-hydrogen) atoms. The molecule has 0 spiro atoms. The van der Waals surface area contributed by atoms with Crippen molar-refractivity contribution in [3.8, 4) is 6.07 Å². The van der Waals surface area contributed by atoms with Gasteiger partial charge in [-0.1, -0.05) is 6.07 Å². The summed E-state index contributed by atoms with van der Waals surface area (Å²) >= 11 is 0. The first kappa shape index (κ1) is 17.9. The number of benzene rings is 1. The van der Waals surface area contributed by atoms with Crippen LogP contribution in [0.1, 0.15) is 22.5 Å². The molecule has 1 aromatic carbocycles. The Morgan fingerprint density at radius 1 is 1.31 bits per heavy atom. The van der Waals surface area contributed by atoms with Gasteiger partial charge in [0.05, 0.1) is 23.1 Å². The van der Waals surface area contributed by atoms with Crippen LogP contribution in [-0.4, -0.2) is 48.8 Å². The van der Waals surface area contributed by atoms with Crippen LogP contribution in [-0.2, 0) is 9.84 Å². The van der Waals surface area contributed by atoms with Gasteiger partial charge >= 0.3 is 0 Å².